The van der Waals surface area contributed by atoms with Gasteiger partial charge < -0.3 is 10.1 Å². The van der Waals surface area contributed by atoms with Gasteiger partial charge in [0.2, 0.25) is 5.91 Å². The highest BCUT2D eigenvalue weighted by Gasteiger charge is 2.21. The van der Waals surface area contributed by atoms with Crippen LogP contribution in [-0.4, -0.2) is 18.0 Å². The molecule has 0 aromatic heterocycles. The number of hydrogen-bond acceptors (Lipinski definition) is 3. The Morgan fingerprint density at radius 3 is 1.94 bits per heavy atom. The zero-order valence-electron chi connectivity index (χ0n) is 17.8. The molecule has 6 heteroatoms. The number of benzene rings is 3. The summed E-state index contributed by atoms with van der Waals surface area (Å²) >= 11 is 0. The fraction of sp³-hybridized carbons (Fsp3) is 0.192. The lowest BCUT2D eigenvalue weighted by atomic mass is 9.87. The van der Waals surface area contributed by atoms with E-state index >= 15 is 0 Å². The number of ketones is 1. The first kappa shape index (κ1) is 23.0. The average Bonchev–Trinajstić information content (AvgIpc) is 2.73. The Balaban J connectivity index is 1.63. The normalized spacial score (nSPS) is 11.1. The maximum absolute atomic E-state index is 13.3. The molecular formula is C26H23F2NO3. The van der Waals surface area contributed by atoms with Gasteiger partial charge in [0.15, 0.2) is 5.78 Å². The molecule has 0 aliphatic heterocycles. The van der Waals surface area contributed by atoms with E-state index in [2.05, 4.69) is 5.32 Å². The Morgan fingerprint density at radius 2 is 1.41 bits per heavy atom. The molecule has 0 aliphatic carbocycles. The molecule has 0 bridgehead atoms. The van der Waals surface area contributed by atoms with Gasteiger partial charge in [-0.05, 0) is 41.0 Å². The lowest BCUT2D eigenvalue weighted by Gasteiger charge is -2.15. The predicted octanol–water partition coefficient (Wildman–Crippen LogP) is 5.61. The van der Waals surface area contributed by atoms with E-state index in [0.29, 0.717) is 11.3 Å². The molecular weight excluding hydrogens is 412 g/mol. The third-order valence-corrected chi connectivity index (χ3v) is 4.93. The van der Waals surface area contributed by atoms with Gasteiger partial charge in [0.1, 0.15) is 17.9 Å². The highest BCUT2D eigenvalue weighted by atomic mass is 19.1. The molecule has 3 aromatic carbocycles. The summed E-state index contributed by atoms with van der Waals surface area (Å²) in [5, 5.41) is 2.70. The molecule has 32 heavy (non-hydrogen) atoms. The predicted molar refractivity (Wildman–Crippen MR) is 119 cm³/mol. The van der Waals surface area contributed by atoms with Gasteiger partial charge in [0, 0.05) is 29.2 Å². The minimum Gasteiger partial charge on any atom is -0.326 e. The highest BCUT2D eigenvalue weighted by Crippen LogP contribution is 2.24. The van der Waals surface area contributed by atoms with Crippen molar-refractivity contribution in [3.05, 3.63) is 89.5 Å². The van der Waals surface area contributed by atoms with Crippen LogP contribution in [-0.2, 0) is 16.0 Å². The maximum Gasteiger partial charge on any atom is 0.228 e. The van der Waals surface area contributed by atoms with Crippen LogP contribution in [0.5, 0.6) is 0 Å². The zero-order chi connectivity index (χ0) is 23.3. The second-order valence-electron chi connectivity index (χ2n) is 8.36. The molecule has 0 saturated heterocycles. The third-order valence-electron chi connectivity index (χ3n) is 4.93. The molecule has 4 nitrogen and oxygen atoms in total. The largest absolute Gasteiger partial charge is 0.326 e. The van der Waals surface area contributed by atoms with Gasteiger partial charge in [0.25, 0.3) is 0 Å². The number of anilines is 1. The van der Waals surface area contributed by atoms with Crippen molar-refractivity contribution in [1.29, 1.82) is 0 Å². The third kappa shape index (κ3) is 6.17. The van der Waals surface area contributed by atoms with Crippen LogP contribution in [0.2, 0.25) is 0 Å². The number of Topliss-reactive ketones (excluding diaryl/α,β-unsaturated/α-hetero) is 1. The molecule has 1 amide bonds. The number of hydrogen-bond donors (Lipinski definition) is 1. The van der Waals surface area contributed by atoms with E-state index in [1.165, 1.54) is 0 Å². The second kappa shape index (κ2) is 9.64. The van der Waals surface area contributed by atoms with Gasteiger partial charge in [-0.1, -0.05) is 50.2 Å². The first-order chi connectivity index (χ1) is 15.1. The van der Waals surface area contributed by atoms with Crippen molar-refractivity contribution < 1.29 is 23.2 Å². The number of carbonyl (C=O) groups excluding carboxylic acids is 3. The Bertz CT molecular complexity index is 1120. The number of aldehydes is 1. The van der Waals surface area contributed by atoms with Gasteiger partial charge in [-0.2, -0.15) is 0 Å². The van der Waals surface area contributed by atoms with E-state index in [4.69, 9.17) is 0 Å². The SMILES string of the molecule is CC(C)(C=O)CC(=O)c1ccc(-c2ccc(NC(=O)Cc3cc(F)cc(F)c3)cc2)cc1. The Hall–Kier alpha value is -3.67. The molecule has 0 fully saturated rings. The van der Waals surface area contributed by atoms with Crippen LogP contribution >= 0.6 is 0 Å². The number of amides is 1. The Kier molecular flexibility index (Phi) is 6.93. The fourth-order valence-electron chi connectivity index (χ4n) is 3.26. The van der Waals surface area contributed by atoms with Crippen molar-refractivity contribution in [3.63, 3.8) is 0 Å². The van der Waals surface area contributed by atoms with Gasteiger partial charge in [-0.25, -0.2) is 8.78 Å². The first-order valence-corrected chi connectivity index (χ1v) is 10.1. The van der Waals surface area contributed by atoms with Gasteiger partial charge in [-0.15, -0.1) is 0 Å². The summed E-state index contributed by atoms with van der Waals surface area (Å²) in [5.74, 6) is -1.93. The van der Waals surface area contributed by atoms with E-state index in [1.54, 1.807) is 38.1 Å². The summed E-state index contributed by atoms with van der Waals surface area (Å²) in [6.45, 7) is 3.45. The minimum atomic E-state index is -0.725. The molecule has 1 N–H and O–H groups in total. The average molecular weight is 435 g/mol. The molecule has 3 aromatic rings. The van der Waals surface area contributed by atoms with E-state index in [-0.39, 0.29) is 30.1 Å². The summed E-state index contributed by atoms with van der Waals surface area (Å²) in [4.78, 5) is 35.6. The standard InChI is InChI=1S/C26H23F2NO3/c1-26(2,16-30)15-24(31)20-5-3-18(4-6-20)19-7-9-23(10-8-19)29-25(32)13-17-11-21(27)14-22(28)12-17/h3-12,14,16H,13,15H2,1-2H3,(H,29,32). The summed E-state index contributed by atoms with van der Waals surface area (Å²) in [5.41, 5.74) is 2.44. The molecule has 0 atom stereocenters. The Morgan fingerprint density at radius 1 is 0.875 bits per heavy atom. The number of nitrogens with one attached hydrogen (secondary N) is 1. The van der Waals surface area contributed by atoms with Gasteiger partial charge >= 0.3 is 0 Å². The molecule has 3 rings (SSSR count). The van der Waals surface area contributed by atoms with Gasteiger partial charge in [0.05, 0.1) is 6.42 Å². The number of carbonyl (C=O) groups is 3. The summed E-state index contributed by atoms with van der Waals surface area (Å²) in [6.07, 6.45) is 0.787. The fourth-order valence-corrected chi connectivity index (χ4v) is 3.26. The molecule has 0 spiro atoms. The van der Waals surface area contributed by atoms with Crippen LogP contribution in [0.15, 0.2) is 66.7 Å². The van der Waals surface area contributed by atoms with Gasteiger partial charge in [-0.3, -0.25) is 9.59 Å². The smallest absolute Gasteiger partial charge is 0.228 e. The maximum atomic E-state index is 13.3. The van der Waals surface area contributed by atoms with Crippen LogP contribution in [0.4, 0.5) is 14.5 Å². The molecule has 164 valence electrons. The van der Waals surface area contributed by atoms with Crippen molar-refractivity contribution in [2.24, 2.45) is 5.41 Å². The monoisotopic (exact) mass is 435 g/mol. The number of rotatable bonds is 8. The lowest BCUT2D eigenvalue weighted by molar-refractivity contribution is -0.116. The molecule has 0 unspecified atom stereocenters. The van der Waals surface area contributed by atoms with E-state index in [0.717, 1.165) is 35.6 Å². The molecule has 0 radical (unpaired) electrons. The van der Waals surface area contributed by atoms with E-state index in [9.17, 15) is 23.2 Å². The molecule has 0 saturated carbocycles. The lowest BCUT2D eigenvalue weighted by Crippen LogP contribution is -2.18. The Labute approximate surface area is 185 Å². The minimum absolute atomic E-state index is 0.0927. The number of halogens is 2. The van der Waals surface area contributed by atoms with E-state index in [1.807, 2.05) is 24.3 Å². The van der Waals surface area contributed by atoms with Crippen LogP contribution in [0.1, 0.15) is 36.2 Å². The van der Waals surface area contributed by atoms with E-state index < -0.39 is 17.0 Å². The van der Waals surface area contributed by atoms with Crippen LogP contribution < -0.4 is 5.32 Å². The van der Waals surface area contributed by atoms with Crippen LogP contribution in [0, 0.1) is 17.0 Å². The van der Waals surface area contributed by atoms with Crippen LogP contribution in [0.3, 0.4) is 0 Å². The van der Waals surface area contributed by atoms with Crippen molar-refractivity contribution >= 4 is 23.7 Å². The van der Waals surface area contributed by atoms with Crippen molar-refractivity contribution in [3.8, 4) is 11.1 Å². The topological polar surface area (TPSA) is 63.2 Å². The quantitative estimate of drug-likeness (QED) is 0.369. The molecule has 0 aliphatic rings. The van der Waals surface area contributed by atoms with Crippen LogP contribution in [0.25, 0.3) is 11.1 Å². The summed E-state index contributed by atoms with van der Waals surface area (Å²) in [7, 11) is 0. The summed E-state index contributed by atoms with van der Waals surface area (Å²) < 4.78 is 26.5. The molecule has 0 heterocycles. The van der Waals surface area contributed by atoms with Crippen molar-refractivity contribution in [1.82, 2.24) is 0 Å². The highest BCUT2D eigenvalue weighted by molar-refractivity contribution is 5.98. The summed E-state index contributed by atoms with van der Waals surface area (Å²) in [6, 6.07) is 17.2. The van der Waals surface area contributed by atoms with Crippen molar-refractivity contribution in [2.45, 2.75) is 26.7 Å². The second-order valence-corrected chi connectivity index (χ2v) is 8.36. The zero-order valence-corrected chi connectivity index (χ0v) is 17.8. The first-order valence-electron chi connectivity index (χ1n) is 10.1. The van der Waals surface area contributed by atoms with Crippen molar-refractivity contribution in [2.75, 3.05) is 5.32 Å².